The Balaban J connectivity index is 2.07. The Bertz CT molecular complexity index is 559. The Morgan fingerprint density at radius 1 is 1.33 bits per heavy atom. The van der Waals surface area contributed by atoms with Crippen molar-refractivity contribution in [2.24, 2.45) is 5.10 Å². The lowest BCUT2D eigenvalue weighted by molar-refractivity contribution is 0.398. The zero-order chi connectivity index (χ0) is 12.8. The molecule has 0 aliphatic rings. The van der Waals surface area contributed by atoms with Gasteiger partial charge in [-0.1, -0.05) is 12.1 Å². The fourth-order valence-electron chi connectivity index (χ4n) is 1.31. The molecule has 0 saturated heterocycles. The Hall–Kier alpha value is -2.50. The van der Waals surface area contributed by atoms with Gasteiger partial charge in [0.05, 0.1) is 13.3 Å². The molecule has 18 heavy (non-hydrogen) atoms. The third kappa shape index (κ3) is 3.00. The normalized spacial score (nSPS) is 10.6. The highest BCUT2D eigenvalue weighted by Gasteiger charge is 2.02. The van der Waals surface area contributed by atoms with E-state index in [2.05, 4.69) is 20.5 Å². The maximum absolute atomic E-state index is 12.9. The number of nitrogens with zero attached hydrogens (tertiary/aromatic N) is 3. The monoisotopic (exact) mass is 246 g/mol. The fourth-order valence-corrected chi connectivity index (χ4v) is 1.31. The standard InChI is InChI=1S/C12H11FN4O/c1-18-12-11(14-5-6-15-12)17-16-8-9-3-2-4-10(13)7-9/h2-8H,1H3,(H,14,17)/b16-8+. The molecular formula is C12H11FN4O. The molecule has 0 aliphatic heterocycles. The summed E-state index contributed by atoms with van der Waals surface area (Å²) in [5.41, 5.74) is 3.32. The molecule has 1 aromatic heterocycles. The van der Waals surface area contributed by atoms with Gasteiger partial charge in [0.15, 0.2) is 0 Å². The van der Waals surface area contributed by atoms with Gasteiger partial charge in [0.1, 0.15) is 5.82 Å². The number of methoxy groups -OCH3 is 1. The molecule has 0 atom stereocenters. The summed E-state index contributed by atoms with van der Waals surface area (Å²) in [5.74, 6) is 0.428. The van der Waals surface area contributed by atoms with Gasteiger partial charge in [-0.25, -0.2) is 14.4 Å². The summed E-state index contributed by atoms with van der Waals surface area (Å²) in [5, 5.41) is 3.94. The van der Waals surface area contributed by atoms with Crippen LogP contribution in [0.5, 0.6) is 5.88 Å². The van der Waals surface area contributed by atoms with E-state index in [0.29, 0.717) is 17.3 Å². The second kappa shape index (κ2) is 5.72. The first-order valence-corrected chi connectivity index (χ1v) is 5.19. The van der Waals surface area contributed by atoms with Crippen molar-refractivity contribution in [1.29, 1.82) is 0 Å². The summed E-state index contributed by atoms with van der Waals surface area (Å²) in [4.78, 5) is 7.97. The molecule has 1 N–H and O–H groups in total. The predicted molar refractivity (Wildman–Crippen MR) is 66.2 cm³/mol. The van der Waals surface area contributed by atoms with Gasteiger partial charge < -0.3 is 4.74 Å². The molecule has 0 bridgehead atoms. The van der Waals surface area contributed by atoms with E-state index in [9.17, 15) is 4.39 Å². The third-order valence-electron chi connectivity index (χ3n) is 2.09. The van der Waals surface area contributed by atoms with E-state index in [1.165, 1.54) is 37.9 Å². The summed E-state index contributed by atoms with van der Waals surface area (Å²) >= 11 is 0. The first-order chi connectivity index (χ1) is 8.79. The van der Waals surface area contributed by atoms with Crippen LogP contribution in [0.4, 0.5) is 10.2 Å². The number of aromatic nitrogens is 2. The first-order valence-electron chi connectivity index (χ1n) is 5.19. The van der Waals surface area contributed by atoms with E-state index in [1.54, 1.807) is 12.1 Å². The highest BCUT2D eigenvalue weighted by molar-refractivity contribution is 5.80. The Kier molecular flexibility index (Phi) is 3.80. The van der Waals surface area contributed by atoms with Crippen LogP contribution < -0.4 is 10.2 Å². The minimum Gasteiger partial charge on any atom is -0.478 e. The summed E-state index contributed by atoms with van der Waals surface area (Å²) in [6, 6.07) is 6.09. The van der Waals surface area contributed by atoms with Crippen molar-refractivity contribution in [3.05, 3.63) is 48.0 Å². The summed E-state index contributed by atoms with van der Waals surface area (Å²) in [6.07, 6.45) is 4.51. The smallest absolute Gasteiger partial charge is 0.258 e. The van der Waals surface area contributed by atoms with Crippen LogP contribution in [0.3, 0.4) is 0 Å². The number of anilines is 1. The number of hydrogen-bond donors (Lipinski definition) is 1. The van der Waals surface area contributed by atoms with Crippen LogP contribution in [0.2, 0.25) is 0 Å². The number of benzene rings is 1. The van der Waals surface area contributed by atoms with Crippen LogP contribution in [0.1, 0.15) is 5.56 Å². The first kappa shape index (κ1) is 12.0. The van der Waals surface area contributed by atoms with Gasteiger partial charge in [-0.05, 0) is 17.7 Å². The molecule has 1 aromatic carbocycles. The molecule has 0 saturated carbocycles. The van der Waals surface area contributed by atoms with Crippen molar-refractivity contribution in [2.45, 2.75) is 0 Å². The summed E-state index contributed by atoms with van der Waals surface area (Å²) in [7, 11) is 1.49. The lowest BCUT2D eigenvalue weighted by atomic mass is 10.2. The molecule has 0 fully saturated rings. The molecular weight excluding hydrogens is 235 g/mol. The number of halogens is 1. The molecule has 5 nitrogen and oxygen atoms in total. The van der Waals surface area contributed by atoms with Crippen molar-refractivity contribution in [1.82, 2.24) is 9.97 Å². The van der Waals surface area contributed by atoms with E-state index in [0.717, 1.165) is 0 Å². The second-order valence-electron chi connectivity index (χ2n) is 3.34. The number of nitrogens with one attached hydrogen (secondary N) is 1. The van der Waals surface area contributed by atoms with Crippen LogP contribution in [-0.2, 0) is 0 Å². The number of hydrogen-bond acceptors (Lipinski definition) is 5. The SMILES string of the molecule is COc1nccnc1N/N=C/c1cccc(F)c1. The number of ether oxygens (including phenoxy) is 1. The van der Waals surface area contributed by atoms with E-state index >= 15 is 0 Å². The van der Waals surface area contributed by atoms with Crippen molar-refractivity contribution in [2.75, 3.05) is 12.5 Å². The van der Waals surface area contributed by atoms with Crippen LogP contribution in [-0.4, -0.2) is 23.3 Å². The number of rotatable bonds is 4. The van der Waals surface area contributed by atoms with Gasteiger partial charge in [-0.2, -0.15) is 5.10 Å². The van der Waals surface area contributed by atoms with Crippen molar-refractivity contribution >= 4 is 12.0 Å². The van der Waals surface area contributed by atoms with Crippen LogP contribution >= 0.6 is 0 Å². The lowest BCUT2D eigenvalue weighted by Gasteiger charge is -2.03. The van der Waals surface area contributed by atoms with E-state index in [-0.39, 0.29) is 5.82 Å². The molecule has 0 amide bonds. The van der Waals surface area contributed by atoms with E-state index in [1.807, 2.05) is 0 Å². The number of hydrazone groups is 1. The van der Waals surface area contributed by atoms with Crippen LogP contribution in [0.25, 0.3) is 0 Å². The quantitative estimate of drug-likeness (QED) is 0.662. The highest BCUT2D eigenvalue weighted by atomic mass is 19.1. The van der Waals surface area contributed by atoms with Gasteiger partial charge in [-0.3, -0.25) is 5.43 Å². The van der Waals surface area contributed by atoms with Crippen molar-refractivity contribution in [3.63, 3.8) is 0 Å². The molecule has 0 spiro atoms. The van der Waals surface area contributed by atoms with Gasteiger partial charge in [0.2, 0.25) is 5.82 Å². The second-order valence-corrected chi connectivity index (χ2v) is 3.34. The lowest BCUT2D eigenvalue weighted by Crippen LogP contribution is -1.98. The molecule has 0 radical (unpaired) electrons. The molecule has 0 aliphatic carbocycles. The van der Waals surface area contributed by atoms with Gasteiger partial charge >= 0.3 is 0 Å². The Morgan fingerprint density at radius 2 is 2.17 bits per heavy atom. The van der Waals surface area contributed by atoms with Crippen LogP contribution in [0.15, 0.2) is 41.8 Å². The fraction of sp³-hybridized carbons (Fsp3) is 0.0833. The van der Waals surface area contributed by atoms with E-state index in [4.69, 9.17) is 4.74 Å². The Labute approximate surface area is 103 Å². The average molecular weight is 246 g/mol. The molecule has 2 aromatic rings. The van der Waals surface area contributed by atoms with Gasteiger partial charge in [-0.15, -0.1) is 0 Å². The molecule has 2 rings (SSSR count). The molecule has 92 valence electrons. The molecule has 0 unspecified atom stereocenters. The van der Waals surface area contributed by atoms with Gasteiger partial charge in [0.25, 0.3) is 5.88 Å². The minimum absolute atomic E-state index is 0.309. The van der Waals surface area contributed by atoms with Crippen LogP contribution in [0, 0.1) is 5.82 Å². The molecule has 6 heteroatoms. The maximum atomic E-state index is 12.9. The predicted octanol–water partition coefficient (Wildman–Crippen LogP) is 2.07. The zero-order valence-corrected chi connectivity index (χ0v) is 9.67. The highest BCUT2D eigenvalue weighted by Crippen LogP contribution is 2.15. The minimum atomic E-state index is -0.309. The van der Waals surface area contributed by atoms with Gasteiger partial charge in [0, 0.05) is 12.4 Å². The maximum Gasteiger partial charge on any atom is 0.258 e. The Morgan fingerprint density at radius 3 is 2.94 bits per heavy atom. The van der Waals surface area contributed by atoms with Crippen molar-refractivity contribution < 1.29 is 9.13 Å². The topological polar surface area (TPSA) is 59.4 Å². The largest absolute Gasteiger partial charge is 0.478 e. The average Bonchev–Trinajstić information content (AvgIpc) is 2.39. The summed E-state index contributed by atoms with van der Waals surface area (Å²) in [6.45, 7) is 0. The van der Waals surface area contributed by atoms with E-state index < -0.39 is 0 Å². The van der Waals surface area contributed by atoms with Crippen molar-refractivity contribution in [3.8, 4) is 5.88 Å². The molecule has 1 heterocycles. The zero-order valence-electron chi connectivity index (χ0n) is 9.67. The summed E-state index contributed by atoms with van der Waals surface area (Å²) < 4.78 is 17.9. The third-order valence-corrected chi connectivity index (χ3v) is 2.09.